The smallest absolute Gasteiger partial charge is 0.142 e. The van der Waals surface area contributed by atoms with Gasteiger partial charge < -0.3 is 5.32 Å². The van der Waals surface area contributed by atoms with Crippen LogP contribution in [0, 0.1) is 11.2 Å². The summed E-state index contributed by atoms with van der Waals surface area (Å²) >= 11 is 11.4. The third-order valence-electron chi connectivity index (χ3n) is 2.28. The van der Waals surface area contributed by atoms with Crippen molar-refractivity contribution in [2.45, 2.75) is 20.4 Å². The predicted octanol–water partition coefficient (Wildman–Crippen LogP) is 3.83. The average molecular weight is 264 g/mol. The summed E-state index contributed by atoms with van der Waals surface area (Å²) in [6, 6.07) is 4.83. The molecule has 0 spiro atoms. The fourth-order valence-corrected chi connectivity index (χ4v) is 1.45. The van der Waals surface area contributed by atoms with Crippen LogP contribution in [0.15, 0.2) is 18.2 Å². The molecule has 1 N–H and O–H groups in total. The molecule has 4 heteroatoms. The molecule has 16 heavy (non-hydrogen) atoms. The molecule has 0 saturated carbocycles. The van der Waals surface area contributed by atoms with Gasteiger partial charge in [-0.05, 0) is 23.1 Å². The molecule has 1 aromatic rings. The van der Waals surface area contributed by atoms with Crippen molar-refractivity contribution in [3.05, 3.63) is 34.6 Å². The lowest BCUT2D eigenvalue weighted by atomic mass is 9.96. The van der Waals surface area contributed by atoms with Gasteiger partial charge in [-0.15, -0.1) is 11.6 Å². The van der Waals surface area contributed by atoms with Crippen LogP contribution in [0.2, 0.25) is 5.02 Å². The van der Waals surface area contributed by atoms with Crippen molar-refractivity contribution in [3.63, 3.8) is 0 Å². The Hall–Kier alpha value is -0.310. The van der Waals surface area contributed by atoms with E-state index < -0.39 is 0 Å². The molecule has 0 aliphatic heterocycles. The maximum Gasteiger partial charge on any atom is 0.142 e. The minimum Gasteiger partial charge on any atom is -0.312 e. The zero-order valence-electron chi connectivity index (χ0n) is 9.49. The zero-order chi connectivity index (χ0) is 12.2. The van der Waals surface area contributed by atoms with E-state index in [-0.39, 0.29) is 16.3 Å². The number of hydrogen-bond acceptors (Lipinski definition) is 1. The minimum absolute atomic E-state index is 0.0481. The molecular formula is C12H16Cl2FN. The van der Waals surface area contributed by atoms with Gasteiger partial charge in [0.1, 0.15) is 5.82 Å². The summed E-state index contributed by atoms with van der Waals surface area (Å²) in [5, 5.41) is 3.40. The second-order valence-corrected chi connectivity index (χ2v) is 5.32. The van der Waals surface area contributed by atoms with Crippen LogP contribution in [0.25, 0.3) is 0 Å². The number of hydrogen-bond donors (Lipinski definition) is 1. The van der Waals surface area contributed by atoms with Crippen LogP contribution in [0.4, 0.5) is 4.39 Å². The summed E-state index contributed by atoms with van der Waals surface area (Å²) in [6.07, 6.45) is 0. The molecule has 0 amide bonds. The van der Waals surface area contributed by atoms with Crippen LogP contribution in [-0.4, -0.2) is 12.4 Å². The maximum atomic E-state index is 13.1. The quantitative estimate of drug-likeness (QED) is 0.797. The molecule has 0 bridgehead atoms. The molecular weight excluding hydrogens is 248 g/mol. The van der Waals surface area contributed by atoms with Gasteiger partial charge >= 0.3 is 0 Å². The Morgan fingerprint density at radius 2 is 2.06 bits per heavy atom. The Balaban J connectivity index is 2.46. The fourth-order valence-electron chi connectivity index (χ4n) is 1.24. The van der Waals surface area contributed by atoms with Crippen molar-refractivity contribution >= 4 is 23.2 Å². The normalized spacial score (nSPS) is 11.8. The van der Waals surface area contributed by atoms with Gasteiger partial charge in [0.15, 0.2) is 0 Å². The maximum absolute atomic E-state index is 13.1. The molecule has 0 saturated heterocycles. The number of nitrogens with one attached hydrogen (secondary N) is 1. The highest BCUT2D eigenvalue weighted by Crippen LogP contribution is 2.17. The molecule has 1 nitrogen and oxygen atoms in total. The molecule has 0 fully saturated rings. The molecule has 0 aliphatic carbocycles. The van der Waals surface area contributed by atoms with Crippen LogP contribution >= 0.6 is 23.2 Å². The first-order valence-electron chi connectivity index (χ1n) is 5.15. The predicted molar refractivity (Wildman–Crippen MR) is 67.6 cm³/mol. The van der Waals surface area contributed by atoms with E-state index in [2.05, 4.69) is 19.2 Å². The van der Waals surface area contributed by atoms with Crippen molar-refractivity contribution in [2.75, 3.05) is 12.4 Å². The van der Waals surface area contributed by atoms with Crippen LogP contribution in [-0.2, 0) is 6.54 Å². The summed E-state index contributed by atoms with van der Waals surface area (Å²) in [5.41, 5.74) is 0.930. The average Bonchev–Trinajstić information content (AvgIpc) is 2.23. The lowest BCUT2D eigenvalue weighted by molar-refractivity contribution is 0.385. The molecule has 0 aromatic heterocycles. The van der Waals surface area contributed by atoms with Gasteiger partial charge in [0, 0.05) is 19.0 Å². The van der Waals surface area contributed by atoms with Crippen molar-refractivity contribution < 1.29 is 4.39 Å². The first-order valence-corrected chi connectivity index (χ1v) is 6.06. The van der Waals surface area contributed by atoms with Crippen molar-refractivity contribution in [1.29, 1.82) is 0 Å². The summed E-state index contributed by atoms with van der Waals surface area (Å²) in [4.78, 5) is 0. The van der Waals surface area contributed by atoms with Gasteiger partial charge in [-0.2, -0.15) is 0 Å². The molecule has 0 aliphatic rings. The number of alkyl halides is 1. The van der Waals surface area contributed by atoms with E-state index in [9.17, 15) is 4.39 Å². The van der Waals surface area contributed by atoms with E-state index in [0.29, 0.717) is 12.4 Å². The highest BCUT2D eigenvalue weighted by Gasteiger charge is 2.15. The largest absolute Gasteiger partial charge is 0.312 e. The lowest BCUT2D eigenvalue weighted by Gasteiger charge is -2.21. The first kappa shape index (κ1) is 13.8. The highest BCUT2D eigenvalue weighted by molar-refractivity contribution is 6.30. The molecule has 0 radical (unpaired) electrons. The molecule has 0 unspecified atom stereocenters. The van der Waals surface area contributed by atoms with Crippen LogP contribution < -0.4 is 5.32 Å². The highest BCUT2D eigenvalue weighted by atomic mass is 35.5. The second kappa shape index (κ2) is 5.85. The van der Waals surface area contributed by atoms with Gasteiger partial charge in [0.25, 0.3) is 0 Å². The van der Waals surface area contributed by atoms with Gasteiger partial charge in [0.05, 0.1) is 5.02 Å². The van der Waals surface area contributed by atoms with E-state index >= 15 is 0 Å². The topological polar surface area (TPSA) is 12.0 Å². The van der Waals surface area contributed by atoms with Crippen LogP contribution in [0.3, 0.4) is 0 Å². The van der Waals surface area contributed by atoms with Crippen LogP contribution in [0.1, 0.15) is 19.4 Å². The number of halogens is 3. The van der Waals surface area contributed by atoms with E-state index in [1.165, 1.54) is 6.07 Å². The first-order chi connectivity index (χ1) is 7.44. The Kier molecular flexibility index (Phi) is 5.03. The molecule has 1 rings (SSSR count). The van der Waals surface area contributed by atoms with E-state index in [0.717, 1.165) is 12.1 Å². The fraction of sp³-hybridized carbons (Fsp3) is 0.500. The summed E-state index contributed by atoms with van der Waals surface area (Å²) in [5.74, 6) is 0.215. The van der Waals surface area contributed by atoms with Crippen molar-refractivity contribution in [3.8, 4) is 0 Å². The van der Waals surface area contributed by atoms with Gasteiger partial charge in [0.2, 0.25) is 0 Å². The third kappa shape index (κ3) is 4.28. The van der Waals surface area contributed by atoms with E-state index in [4.69, 9.17) is 23.2 Å². The Morgan fingerprint density at radius 3 is 2.62 bits per heavy atom. The lowest BCUT2D eigenvalue weighted by Crippen LogP contribution is -2.30. The van der Waals surface area contributed by atoms with E-state index in [1.54, 1.807) is 6.07 Å². The Labute approximate surface area is 106 Å². The summed E-state index contributed by atoms with van der Waals surface area (Å²) in [6.45, 7) is 5.57. The minimum atomic E-state index is -0.377. The number of rotatable bonds is 5. The van der Waals surface area contributed by atoms with Gasteiger partial charge in [-0.25, -0.2) is 4.39 Å². The summed E-state index contributed by atoms with van der Waals surface area (Å²) < 4.78 is 13.1. The van der Waals surface area contributed by atoms with Crippen molar-refractivity contribution in [1.82, 2.24) is 5.32 Å². The molecule has 1 aromatic carbocycles. The van der Waals surface area contributed by atoms with Gasteiger partial charge in [-0.1, -0.05) is 31.5 Å². The third-order valence-corrected chi connectivity index (χ3v) is 3.31. The Morgan fingerprint density at radius 1 is 1.38 bits per heavy atom. The zero-order valence-corrected chi connectivity index (χ0v) is 11.0. The van der Waals surface area contributed by atoms with Gasteiger partial charge in [-0.3, -0.25) is 0 Å². The SMILES string of the molecule is CC(C)(CCl)CNCc1ccc(Cl)c(F)c1. The van der Waals surface area contributed by atoms with Crippen molar-refractivity contribution in [2.24, 2.45) is 5.41 Å². The summed E-state index contributed by atoms with van der Waals surface area (Å²) in [7, 11) is 0. The number of benzene rings is 1. The van der Waals surface area contributed by atoms with Crippen LogP contribution in [0.5, 0.6) is 0 Å². The monoisotopic (exact) mass is 263 g/mol. The molecule has 90 valence electrons. The standard InChI is InChI=1S/C12H16Cl2FN/c1-12(2,7-13)8-16-6-9-3-4-10(14)11(15)5-9/h3-5,16H,6-8H2,1-2H3. The Bertz CT molecular complexity index is 353. The van der Waals surface area contributed by atoms with E-state index in [1.807, 2.05) is 6.07 Å². The second-order valence-electron chi connectivity index (χ2n) is 4.65. The molecule has 0 heterocycles. The molecule has 0 atom stereocenters.